The van der Waals surface area contributed by atoms with Crippen LogP contribution in [0.3, 0.4) is 0 Å². The molecule has 11 heteroatoms. The molecule has 0 aliphatic rings. The molecule has 0 amide bonds. The summed E-state index contributed by atoms with van der Waals surface area (Å²) in [5, 5.41) is 15.3. The van der Waals surface area contributed by atoms with Crippen LogP contribution in [0.2, 0.25) is 0 Å². The molecule has 0 fully saturated rings. The zero-order valence-electron chi connectivity index (χ0n) is 18.3. The Morgan fingerprint density at radius 1 is 0.833 bits per heavy atom. The molecule has 0 atom stereocenters. The van der Waals surface area contributed by atoms with Gasteiger partial charge in [0.2, 0.25) is 0 Å². The van der Waals surface area contributed by atoms with Gasteiger partial charge in [0.15, 0.2) is 11.6 Å². The maximum atomic E-state index is 14.3. The highest BCUT2D eigenvalue weighted by Gasteiger charge is 2.38. The third-order valence-corrected chi connectivity index (χ3v) is 5.78. The van der Waals surface area contributed by atoms with Crippen molar-refractivity contribution in [2.75, 3.05) is 5.32 Å². The van der Waals surface area contributed by atoms with Gasteiger partial charge in [-0.3, -0.25) is 20.1 Å². The van der Waals surface area contributed by atoms with Gasteiger partial charge in [0, 0.05) is 22.6 Å². The molecule has 4 N–H and O–H groups in total. The van der Waals surface area contributed by atoms with Crippen LogP contribution in [0.15, 0.2) is 77.6 Å². The molecule has 8 nitrogen and oxygen atoms in total. The quantitative estimate of drug-likeness (QED) is 0.258. The van der Waals surface area contributed by atoms with Crippen LogP contribution in [0.5, 0.6) is 0 Å². The van der Waals surface area contributed by atoms with Crippen molar-refractivity contribution in [2.45, 2.75) is 6.18 Å². The van der Waals surface area contributed by atoms with Gasteiger partial charge in [0.05, 0.1) is 27.7 Å². The minimum atomic E-state index is -4.83. The normalized spacial score (nSPS) is 11.9. The summed E-state index contributed by atoms with van der Waals surface area (Å²) in [6.07, 6.45) is -4.83. The first kappa shape index (κ1) is 21.6. The molecular weight excluding hydrogens is 471 g/mol. The molecule has 0 saturated heterocycles. The molecule has 0 spiro atoms. The number of H-pyrrole nitrogens is 3. The summed E-state index contributed by atoms with van der Waals surface area (Å²) in [6.45, 7) is 0. The van der Waals surface area contributed by atoms with Crippen molar-refractivity contribution in [2.24, 2.45) is 0 Å². The Bertz CT molecular complexity index is 1790. The molecule has 36 heavy (non-hydrogen) atoms. The molecule has 6 aromatic rings. The molecule has 0 saturated carbocycles. The first-order valence-electron chi connectivity index (χ1n) is 10.8. The lowest BCUT2D eigenvalue weighted by Crippen LogP contribution is -2.13. The molecule has 3 aromatic carbocycles. The number of hydrogen-bond acceptors (Lipinski definition) is 5. The molecule has 0 bridgehead atoms. The highest BCUT2D eigenvalue weighted by molar-refractivity contribution is 5.92. The summed E-state index contributed by atoms with van der Waals surface area (Å²) < 4.78 is 42.8. The van der Waals surface area contributed by atoms with E-state index in [2.05, 4.69) is 35.7 Å². The van der Waals surface area contributed by atoms with Crippen molar-refractivity contribution in [1.29, 1.82) is 0 Å². The predicted molar refractivity (Wildman–Crippen MR) is 130 cm³/mol. The fourth-order valence-electron chi connectivity index (χ4n) is 4.18. The Hall–Kier alpha value is -4.93. The average Bonchev–Trinajstić information content (AvgIpc) is 3.46. The molecule has 3 heterocycles. The van der Waals surface area contributed by atoms with E-state index >= 15 is 0 Å². The predicted octanol–water partition coefficient (Wildman–Crippen LogP) is 5.62. The van der Waals surface area contributed by atoms with E-state index in [0.717, 1.165) is 10.9 Å². The first-order chi connectivity index (χ1) is 17.4. The van der Waals surface area contributed by atoms with Gasteiger partial charge in [-0.2, -0.15) is 18.3 Å². The number of anilines is 2. The van der Waals surface area contributed by atoms with Crippen molar-refractivity contribution in [1.82, 2.24) is 30.4 Å². The number of hydrogen-bond donors (Lipinski definition) is 4. The fraction of sp³-hybridized carbons (Fsp3) is 0.0400. The number of aromatic nitrogens is 6. The summed E-state index contributed by atoms with van der Waals surface area (Å²) in [5.41, 5.74) is -0.383. The Morgan fingerprint density at radius 2 is 1.61 bits per heavy atom. The second-order valence-electron chi connectivity index (χ2n) is 8.06. The largest absolute Gasteiger partial charge is 0.417 e. The monoisotopic (exact) mass is 487 g/mol. The lowest BCUT2D eigenvalue weighted by molar-refractivity contribution is -0.135. The van der Waals surface area contributed by atoms with E-state index in [1.165, 1.54) is 12.1 Å². The van der Waals surface area contributed by atoms with E-state index in [0.29, 0.717) is 17.1 Å². The van der Waals surface area contributed by atoms with Crippen molar-refractivity contribution in [3.63, 3.8) is 0 Å². The van der Waals surface area contributed by atoms with E-state index in [1.807, 2.05) is 30.3 Å². The molecule has 6 rings (SSSR count). The summed E-state index contributed by atoms with van der Waals surface area (Å²) >= 11 is 0. The molecule has 0 radical (unpaired) electrons. The Labute approximate surface area is 200 Å². The SMILES string of the molecule is O=c1[nH][nH]c2ccc(-c3nc(Nc4n[nH]c5ccccc45)cc(-c4ccccc4)n3)c(C(F)(F)F)c12. The van der Waals surface area contributed by atoms with Crippen LogP contribution in [0.4, 0.5) is 24.8 Å². The molecule has 178 valence electrons. The third-order valence-electron chi connectivity index (χ3n) is 5.78. The van der Waals surface area contributed by atoms with Crippen LogP contribution in [0.1, 0.15) is 5.56 Å². The molecule has 3 aromatic heterocycles. The molecule has 0 unspecified atom stereocenters. The van der Waals surface area contributed by atoms with Crippen LogP contribution in [-0.2, 0) is 6.18 Å². The van der Waals surface area contributed by atoms with Gasteiger partial charge in [-0.15, -0.1) is 0 Å². The number of nitrogens with zero attached hydrogens (tertiary/aromatic N) is 3. The zero-order valence-corrected chi connectivity index (χ0v) is 18.3. The number of para-hydroxylation sites is 1. The van der Waals surface area contributed by atoms with Gasteiger partial charge < -0.3 is 5.32 Å². The van der Waals surface area contributed by atoms with Crippen LogP contribution in [0.25, 0.3) is 44.5 Å². The number of halogens is 3. The summed E-state index contributed by atoms with van der Waals surface area (Å²) in [4.78, 5) is 21.1. The van der Waals surface area contributed by atoms with E-state index < -0.39 is 22.7 Å². The van der Waals surface area contributed by atoms with Crippen LogP contribution < -0.4 is 10.9 Å². The van der Waals surface area contributed by atoms with E-state index in [1.54, 1.807) is 30.3 Å². The summed E-state index contributed by atoms with van der Waals surface area (Å²) in [6, 6.07) is 20.7. The number of fused-ring (bicyclic) bond motifs is 2. The van der Waals surface area contributed by atoms with Gasteiger partial charge in [0.25, 0.3) is 5.56 Å². The summed E-state index contributed by atoms with van der Waals surface area (Å²) in [5.74, 6) is 0.517. The lowest BCUT2D eigenvalue weighted by Gasteiger charge is -2.15. The van der Waals surface area contributed by atoms with Crippen molar-refractivity contribution >= 4 is 33.4 Å². The average molecular weight is 487 g/mol. The topological polar surface area (TPSA) is 115 Å². The van der Waals surface area contributed by atoms with Crippen molar-refractivity contribution in [3.8, 4) is 22.6 Å². The van der Waals surface area contributed by atoms with Crippen molar-refractivity contribution in [3.05, 3.63) is 88.7 Å². The van der Waals surface area contributed by atoms with Crippen LogP contribution in [0, 0.1) is 0 Å². The highest BCUT2D eigenvalue weighted by atomic mass is 19.4. The van der Waals surface area contributed by atoms with E-state index in [4.69, 9.17) is 0 Å². The van der Waals surface area contributed by atoms with Crippen LogP contribution in [-0.4, -0.2) is 30.4 Å². The van der Waals surface area contributed by atoms with Gasteiger partial charge >= 0.3 is 6.18 Å². The Kier molecular flexibility index (Phi) is 4.85. The van der Waals surface area contributed by atoms with E-state index in [-0.39, 0.29) is 22.7 Å². The minimum Gasteiger partial charge on any atom is -0.323 e. The fourth-order valence-corrected chi connectivity index (χ4v) is 4.18. The Balaban J connectivity index is 1.58. The number of benzene rings is 3. The van der Waals surface area contributed by atoms with Crippen LogP contribution >= 0.6 is 0 Å². The first-order valence-corrected chi connectivity index (χ1v) is 10.8. The Morgan fingerprint density at radius 3 is 2.42 bits per heavy atom. The second kappa shape index (κ2) is 8.08. The van der Waals surface area contributed by atoms with E-state index in [9.17, 15) is 18.0 Å². The smallest absolute Gasteiger partial charge is 0.323 e. The third kappa shape index (κ3) is 3.66. The highest BCUT2D eigenvalue weighted by Crippen LogP contribution is 2.40. The lowest BCUT2D eigenvalue weighted by atomic mass is 10.0. The number of rotatable bonds is 4. The zero-order chi connectivity index (χ0) is 24.9. The second-order valence-corrected chi connectivity index (χ2v) is 8.06. The van der Waals surface area contributed by atoms with Crippen molar-refractivity contribution < 1.29 is 13.2 Å². The van der Waals surface area contributed by atoms with Gasteiger partial charge in [0.1, 0.15) is 5.82 Å². The van der Waals surface area contributed by atoms with Gasteiger partial charge in [-0.1, -0.05) is 42.5 Å². The standard InChI is InChI=1S/C25H16F3N7O/c26-25(27,28)21-15(10-11-17-20(21)24(36)35-33-17)22-29-18(13-6-2-1-3-7-13)12-19(30-22)31-23-14-8-4-5-9-16(14)32-34-23/h1-12H,(H2,33,35,36)(H2,29,30,31,32,34). The number of nitrogens with one attached hydrogen (secondary N) is 4. The van der Waals surface area contributed by atoms with Gasteiger partial charge in [-0.25, -0.2) is 9.97 Å². The minimum absolute atomic E-state index is 0.0385. The molecular formula is C25H16F3N7O. The number of alkyl halides is 3. The maximum Gasteiger partial charge on any atom is 0.417 e. The summed E-state index contributed by atoms with van der Waals surface area (Å²) in [7, 11) is 0. The molecule has 0 aliphatic heterocycles. The van der Waals surface area contributed by atoms with Gasteiger partial charge in [-0.05, 0) is 24.3 Å². The number of aromatic amines is 3. The maximum absolute atomic E-state index is 14.3. The molecule has 0 aliphatic carbocycles.